The highest BCUT2D eigenvalue weighted by Crippen LogP contribution is 2.48. The Bertz CT molecular complexity index is 2840. The number of hydrogen-bond acceptors (Lipinski definition) is 3. The van der Waals surface area contributed by atoms with Gasteiger partial charge in [0.25, 0.3) is 0 Å². The van der Waals surface area contributed by atoms with Crippen molar-refractivity contribution in [3.63, 3.8) is 0 Å². The summed E-state index contributed by atoms with van der Waals surface area (Å²) in [6.07, 6.45) is 2.39. The maximum atomic E-state index is 6.62. The molecule has 0 aliphatic heterocycles. The average molecular weight is 704 g/mol. The van der Waals surface area contributed by atoms with Gasteiger partial charge in [-0.2, -0.15) is 0 Å². The number of hydrogen-bond donors (Lipinski definition) is 0. The molecule has 2 aromatic heterocycles. The smallest absolute Gasteiger partial charge is 0.136 e. The highest BCUT2D eigenvalue weighted by atomic mass is 32.1. The Balaban J connectivity index is 1.06. The van der Waals surface area contributed by atoms with Gasteiger partial charge >= 0.3 is 0 Å². The molecule has 7 aromatic carbocycles. The summed E-state index contributed by atoms with van der Waals surface area (Å²) in [5, 5.41) is 5.02. The molecule has 3 heteroatoms. The summed E-state index contributed by atoms with van der Waals surface area (Å²) in [6.45, 7) is 9.53. The lowest BCUT2D eigenvalue weighted by Crippen LogP contribution is -2.33. The van der Waals surface area contributed by atoms with Gasteiger partial charge in [0, 0.05) is 48.0 Å². The van der Waals surface area contributed by atoms with E-state index in [0.29, 0.717) is 0 Å². The highest BCUT2D eigenvalue weighted by Gasteiger charge is 2.37. The van der Waals surface area contributed by atoms with E-state index in [-0.39, 0.29) is 10.8 Å². The molecule has 0 atom stereocenters. The molecule has 1 aliphatic carbocycles. The molecule has 10 rings (SSSR count). The van der Waals surface area contributed by atoms with E-state index in [0.717, 1.165) is 39.4 Å². The molecule has 0 saturated heterocycles. The number of nitrogens with zero attached hydrogens (tertiary/aromatic N) is 1. The molecule has 0 spiro atoms. The molecule has 2 nitrogen and oxygen atoms in total. The van der Waals surface area contributed by atoms with Crippen molar-refractivity contribution in [2.75, 3.05) is 4.90 Å². The summed E-state index contributed by atoms with van der Waals surface area (Å²) >= 11 is 1.86. The largest absolute Gasteiger partial charge is 0.456 e. The van der Waals surface area contributed by atoms with Crippen LogP contribution in [0.1, 0.15) is 51.7 Å². The Morgan fingerprint density at radius 2 is 1.02 bits per heavy atom. The van der Waals surface area contributed by atoms with Crippen LogP contribution in [0.5, 0.6) is 0 Å². The molecule has 0 unspecified atom stereocenters. The standard InChI is InChI=1S/C50H41NOS/c1-49(2)25-26-50(3,4)44-31-46-42(30-43(44)49)39-23-19-35(28-45(39)52-46)33-17-20-36(21-18-33)51(37-14-10-13-34(27-37)32-11-6-5-7-12-32)38-22-24-41-40-15-8-9-16-47(40)53-48(41)29-38/h5-24,27-31H,25-26H2,1-4H3. The van der Waals surface area contributed by atoms with Crippen molar-refractivity contribution in [3.8, 4) is 22.3 Å². The van der Waals surface area contributed by atoms with Crippen molar-refractivity contribution in [1.29, 1.82) is 0 Å². The zero-order chi connectivity index (χ0) is 35.9. The molecule has 1 aliphatic rings. The monoisotopic (exact) mass is 703 g/mol. The first-order valence-electron chi connectivity index (χ1n) is 18.7. The minimum Gasteiger partial charge on any atom is -0.456 e. The Hall–Kier alpha value is -5.64. The van der Waals surface area contributed by atoms with Crippen LogP contribution < -0.4 is 4.90 Å². The van der Waals surface area contributed by atoms with Crippen molar-refractivity contribution < 1.29 is 4.42 Å². The van der Waals surface area contributed by atoms with Gasteiger partial charge in [-0.1, -0.05) is 113 Å². The Kier molecular flexibility index (Phi) is 7.22. The molecule has 0 radical (unpaired) electrons. The summed E-state index contributed by atoms with van der Waals surface area (Å²) in [6, 6.07) is 55.6. The van der Waals surface area contributed by atoms with Crippen LogP contribution in [0.3, 0.4) is 0 Å². The fraction of sp³-hybridized carbons (Fsp3) is 0.160. The second-order valence-electron chi connectivity index (χ2n) is 16.1. The third-order valence-corrected chi connectivity index (χ3v) is 12.9. The maximum absolute atomic E-state index is 6.62. The van der Waals surface area contributed by atoms with Gasteiger partial charge in [-0.05, 0) is 124 Å². The van der Waals surface area contributed by atoms with Gasteiger partial charge in [-0.3, -0.25) is 0 Å². The van der Waals surface area contributed by atoms with E-state index >= 15 is 0 Å². The summed E-state index contributed by atoms with van der Waals surface area (Å²) in [5.41, 5.74) is 13.2. The van der Waals surface area contributed by atoms with E-state index in [2.05, 4.69) is 184 Å². The minimum absolute atomic E-state index is 0.144. The van der Waals surface area contributed by atoms with Crippen molar-refractivity contribution in [3.05, 3.63) is 163 Å². The molecule has 2 heterocycles. The Labute approximate surface area is 314 Å². The molecule has 258 valence electrons. The number of benzene rings is 7. The predicted octanol–water partition coefficient (Wildman–Crippen LogP) is 15.1. The van der Waals surface area contributed by atoms with Crippen molar-refractivity contribution in [1.82, 2.24) is 0 Å². The van der Waals surface area contributed by atoms with E-state index in [9.17, 15) is 0 Å². The number of furan rings is 1. The quantitative estimate of drug-likeness (QED) is 0.177. The van der Waals surface area contributed by atoms with Gasteiger partial charge in [-0.25, -0.2) is 0 Å². The van der Waals surface area contributed by atoms with Crippen LogP contribution >= 0.6 is 11.3 Å². The molecular weight excluding hydrogens is 663 g/mol. The van der Waals surface area contributed by atoms with E-state index < -0.39 is 0 Å². The summed E-state index contributed by atoms with van der Waals surface area (Å²) < 4.78 is 9.22. The normalized spacial score (nSPS) is 14.9. The summed E-state index contributed by atoms with van der Waals surface area (Å²) in [7, 11) is 0. The van der Waals surface area contributed by atoms with Gasteiger partial charge in [-0.15, -0.1) is 11.3 Å². The molecule has 0 saturated carbocycles. The lowest BCUT2D eigenvalue weighted by Gasteiger charge is -2.41. The fourth-order valence-corrected chi connectivity index (χ4v) is 9.71. The molecule has 0 amide bonds. The van der Waals surface area contributed by atoms with Crippen molar-refractivity contribution in [2.45, 2.75) is 51.4 Å². The van der Waals surface area contributed by atoms with Gasteiger partial charge in [0.2, 0.25) is 0 Å². The van der Waals surface area contributed by atoms with Crippen LogP contribution in [0.2, 0.25) is 0 Å². The number of anilines is 3. The van der Waals surface area contributed by atoms with Crippen LogP contribution in [-0.2, 0) is 10.8 Å². The van der Waals surface area contributed by atoms with Gasteiger partial charge < -0.3 is 9.32 Å². The number of fused-ring (bicyclic) bond motifs is 7. The topological polar surface area (TPSA) is 16.4 Å². The van der Waals surface area contributed by atoms with E-state index in [4.69, 9.17) is 4.42 Å². The summed E-state index contributed by atoms with van der Waals surface area (Å²) in [4.78, 5) is 2.38. The maximum Gasteiger partial charge on any atom is 0.136 e. The lowest BCUT2D eigenvalue weighted by atomic mass is 9.63. The molecule has 9 aromatic rings. The van der Waals surface area contributed by atoms with Crippen molar-refractivity contribution in [2.24, 2.45) is 0 Å². The fourth-order valence-electron chi connectivity index (χ4n) is 8.58. The number of thiophene rings is 1. The first-order chi connectivity index (χ1) is 25.7. The predicted molar refractivity (Wildman–Crippen MR) is 227 cm³/mol. The lowest BCUT2D eigenvalue weighted by molar-refractivity contribution is 0.332. The molecule has 53 heavy (non-hydrogen) atoms. The molecule has 0 N–H and O–H groups in total. The first-order valence-corrected chi connectivity index (χ1v) is 19.5. The van der Waals surface area contributed by atoms with E-state index in [1.807, 2.05) is 11.3 Å². The Morgan fingerprint density at radius 3 is 1.83 bits per heavy atom. The number of rotatable bonds is 5. The van der Waals surface area contributed by atoms with Gasteiger partial charge in [0.15, 0.2) is 0 Å². The van der Waals surface area contributed by atoms with Crippen LogP contribution in [-0.4, -0.2) is 0 Å². The van der Waals surface area contributed by atoms with Crippen LogP contribution in [0.15, 0.2) is 156 Å². The zero-order valence-electron chi connectivity index (χ0n) is 30.6. The Morgan fingerprint density at radius 1 is 0.434 bits per heavy atom. The van der Waals surface area contributed by atoms with Crippen molar-refractivity contribution >= 4 is 70.5 Å². The molecule has 0 fully saturated rings. The molecule has 0 bridgehead atoms. The minimum atomic E-state index is 0.144. The third kappa shape index (κ3) is 5.37. The zero-order valence-corrected chi connectivity index (χ0v) is 31.4. The van der Waals surface area contributed by atoms with E-state index in [1.54, 1.807) is 0 Å². The first kappa shape index (κ1) is 32.0. The van der Waals surface area contributed by atoms with Crippen LogP contribution in [0.25, 0.3) is 64.4 Å². The van der Waals surface area contributed by atoms with E-state index in [1.165, 1.54) is 66.0 Å². The van der Waals surface area contributed by atoms with Crippen LogP contribution in [0.4, 0.5) is 17.1 Å². The average Bonchev–Trinajstić information content (AvgIpc) is 3.74. The second kappa shape index (κ2) is 11.9. The van der Waals surface area contributed by atoms with Gasteiger partial charge in [0.1, 0.15) is 11.2 Å². The highest BCUT2D eigenvalue weighted by molar-refractivity contribution is 7.25. The SMILES string of the molecule is CC1(C)CCC(C)(C)c2cc3c(cc21)oc1cc(-c2ccc(N(c4cccc(-c5ccccc5)c4)c4ccc5c(c4)sc4ccccc45)cc2)ccc13. The van der Waals surface area contributed by atoms with Gasteiger partial charge in [0.05, 0.1) is 0 Å². The second-order valence-corrected chi connectivity index (χ2v) is 17.1. The van der Waals surface area contributed by atoms with Crippen LogP contribution in [0, 0.1) is 0 Å². The third-order valence-electron chi connectivity index (χ3n) is 11.7. The summed E-state index contributed by atoms with van der Waals surface area (Å²) in [5.74, 6) is 0. The molecular formula is C50H41NOS.